The lowest BCUT2D eigenvalue weighted by Crippen LogP contribution is -2.34. The maximum atomic E-state index is 6.48. The van der Waals surface area contributed by atoms with Crippen molar-refractivity contribution in [1.29, 1.82) is 0 Å². The highest BCUT2D eigenvalue weighted by atomic mass is 32.1. The van der Waals surface area contributed by atoms with E-state index in [4.69, 9.17) is 5.73 Å². The molecule has 0 spiro atoms. The second-order valence-corrected chi connectivity index (χ2v) is 5.58. The van der Waals surface area contributed by atoms with E-state index in [1.165, 1.54) is 21.6 Å². The molecular weight excluding hydrogens is 214 g/mol. The van der Waals surface area contributed by atoms with Crippen LogP contribution in [0, 0.1) is 13.8 Å². The van der Waals surface area contributed by atoms with Crippen LogP contribution in [0.1, 0.15) is 28.5 Å². The van der Waals surface area contributed by atoms with Gasteiger partial charge in [-0.1, -0.05) is 24.3 Å². The minimum Gasteiger partial charge on any atom is -0.318 e. The zero-order chi connectivity index (χ0) is 11.8. The molecule has 0 radical (unpaired) electrons. The van der Waals surface area contributed by atoms with Crippen molar-refractivity contribution in [2.24, 2.45) is 5.73 Å². The molecule has 2 heteroatoms. The highest BCUT2D eigenvalue weighted by Gasteiger charge is 2.25. The summed E-state index contributed by atoms with van der Waals surface area (Å²) < 4.78 is 0. The molecule has 1 nitrogen and oxygen atoms in total. The molecule has 0 saturated carbocycles. The number of thiophene rings is 1. The summed E-state index contributed by atoms with van der Waals surface area (Å²) in [5.74, 6) is 0. The maximum Gasteiger partial charge on any atom is 0.0647 e. The van der Waals surface area contributed by atoms with E-state index in [2.05, 4.69) is 44.4 Å². The molecule has 0 aliphatic heterocycles. The molecule has 0 aliphatic carbocycles. The summed E-state index contributed by atoms with van der Waals surface area (Å²) in [6, 6.07) is 10.5. The Morgan fingerprint density at radius 2 is 1.88 bits per heavy atom. The van der Waals surface area contributed by atoms with E-state index >= 15 is 0 Å². The van der Waals surface area contributed by atoms with Gasteiger partial charge in [-0.2, -0.15) is 0 Å². The normalized spacial score (nSPS) is 14.8. The van der Waals surface area contributed by atoms with Crippen molar-refractivity contribution < 1.29 is 0 Å². The lowest BCUT2D eigenvalue weighted by molar-refractivity contribution is 0.601. The van der Waals surface area contributed by atoms with Crippen LogP contribution < -0.4 is 5.73 Å². The molecule has 1 aromatic heterocycles. The fourth-order valence-corrected chi connectivity index (χ4v) is 2.85. The van der Waals surface area contributed by atoms with Crippen LogP contribution in [0.5, 0.6) is 0 Å². The van der Waals surface area contributed by atoms with Crippen LogP contribution in [-0.2, 0) is 5.54 Å². The van der Waals surface area contributed by atoms with Gasteiger partial charge in [-0.15, -0.1) is 11.3 Å². The van der Waals surface area contributed by atoms with Gasteiger partial charge in [-0.3, -0.25) is 0 Å². The van der Waals surface area contributed by atoms with Crippen LogP contribution in [0.2, 0.25) is 0 Å². The zero-order valence-electron chi connectivity index (χ0n) is 9.95. The number of benzene rings is 1. The summed E-state index contributed by atoms with van der Waals surface area (Å²) in [6.45, 7) is 6.30. The fourth-order valence-electron chi connectivity index (χ4n) is 2.03. The summed E-state index contributed by atoms with van der Waals surface area (Å²) in [5, 5.41) is 2.15. The van der Waals surface area contributed by atoms with Gasteiger partial charge in [0.05, 0.1) is 5.54 Å². The molecule has 2 aromatic rings. The third-order valence-corrected chi connectivity index (χ3v) is 3.90. The maximum absolute atomic E-state index is 6.48. The smallest absolute Gasteiger partial charge is 0.0647 e. The van der Waals surface area contributed by atoms with Crippen molar-refractivity contribution in [3.63, 3.8) is 0 Å². The number of hydrogen-bond donors (Lipinski definition) is 1. The van der Waals surface area contributed by atoms with E-state index in [0.717, 1.165) is 0 Å². The summed E-state index contributed by atoms with van der Waals surface area (Å²) in [5.41, 5.74) is 9.73. The molecule has 0 aliphatic rings. The van der Waals surface area contributed by atoms with E-state index in [1.54, 1.807) is 11.3 Å². The monoisotopic (exact) mass is 231 g/mol. The number of aryl methyl sites for hydroxylation is 2. The molecule has 1 atom stereocenters. The standard InChI is InChI=1S/C14H17NS/c1-10-6-4-5-7-13(10)14(3,15)12-8-11(2)16-9-12/h4-9H,15H2,1-3H3. The summed E-state index contributed by atoms with van der Waals surface area (Å²) in [7, 11) is 0. The van der Waals surface area contributed by atoms with Gasteiger partial charge in [0.2, 0.25) is 0 Å². The highest BCUT2D eigenvalue weighted by Crippen LogP contribution is 2.31. The van der Waals surface area contributed by atoms with Crippen molar-refractivity contribution >= 4 is 11.3 Å². The molecule has 2 rings (SSSR count). The Balaban J connectivity index is 2.50. The minimum absolute atomic E-state index is 0.393. The van der Waals surface area contributed by atoms with Crippen molar-refractivity contribution in [3.8, 4) is 0 Å². The predicted octanol–water partition coefficient (Wildman–Crippen LogP) is 3.59. The average Bonchev–Trinajstić information content (AvgIpc) is 2.66. The van der Waals surface area contributed by atoms with Gasteiger partial charge in [-0.05, 0) is 48.9 Å². The van der Waals surface area contributed by atoms with Crippen LogP contribution in [0.3, 0.4) is 0 Å². The molecule has 1 aromatic carbocycles. The molecule has 2 N–H and O–H groups in total. The Morgan fingerprint density at radius 1 is 1.19 bits per heavy atom. The third-order valence-electron chi connectivity index (χ3n) is 3.03. The summed E-state index contributed by atoms with van der Waals surface area (Å²) in [4.78, 5) is 1.31. The zero-order valence-corrected chi connectivity index (χ0v) is 10.8. The largest absolute Gasteiger partial charge is 0.318 e. The van der Waals surface area contributed by atoms with Gasteiger partial charge >= 0.3 is 0 Å². The molecule has 0 bridgehead atoms. The molecule has 0 amide bonds. The highest BCUT2D eigenvalue weighted by molar-refractivity contribution is 7.10. The Labute approximate surface area is 101 Å². The van der Waals surface area contributed by atoms with Crippen molar-refractivity contribution in [3.05, 3.63) is 57.3 Å². The molecule has 1 heterocycles. The lowest BCUT2D eigenvalue weighted by Gasteiger charge is -2.26. The summed E-state index contributed by atoms with van der Waals surface area (Å²) in [6.07, 6.45) is 0. The van der Waals surface area contributed by atoms with Crippen LogP contribution >= 0.6 is 11.3 Å². The Kier molecular flexibility index (Phi) is 2.87. The molecule has 0 saturated heterocycles. The second-order valence-electron chi connectivity index (χ2n) is 4.46. The molecule has 0 fully saturated rings. The van der Waals surface area contributed by atoms with Crippen LogP contribution in [0.4, 0.5) is 0 Å². The van der Waals surface area contributed by atoms with Crippen molar-refractivity contribution in [2.75, 3.05) is 0 Å². The van der Waals surface area contributed by atoms with Crippen LogP contribution in [-0.4, -0.2) is 0 Å². The van der Waals surface area contributed by atoms with E-state index in [9.17, 15) is 0 Å². The SMILES string of the molecule is Cc1cc(C(C)(N)c2ccccc2C)cs1. The first-order valence-electron chi connectivity index (χ1n) is 5.42. The van der Waals surface area contributed by atoms with Gasteiger partial charge in [0.25, 0.3) is 0 Å². The first-order valence-corrected chi connectivity index (χ1v) is 6.30. The number of rotatable bonds is 2. The average molecular weight is 231 g/mol. The van der Waals surface area contributed by atoms with E-state index < -0.39 is 5.54 Å². The summed E-state index contributed by atoms with van der Waals surface area (Å²) >= 11 is 1.75. The molecular formula is C14H17NS. The predicted molar refractivity (Wildman–Crippen MR) is 70.9 cm³/mol. The Hall–Kier alpha value is -1.12. The van der Waals surface area contributed by atoms with Gasteiger partial charge in [-0.25, -0.2) is 0 Å². The number of nitrogens with two attached hydrogens (primary N) is 1. The van der Waals surface area contributed by atoms with Crippen molar-refractivity contribution in [2.45, 2.75) is 26.3 Å². The Bertz CT molecular complexity index is 497. The topological polar surface area (TPSA) is 26.0 Å². The van der Waals surface area contributed by atoms with Gasteiger partial charge in [0.15, 0.2) is 0 Å². The van der Waals surface area contributed by atoms with E-state index in [0.29, 0.717) is 0 Å². The molecule has 84 valence electrons. The first-order chi connectivity index (χ1) is 7.51. The van der Waals surface area contributed by atoms with Crippen LogP contribution in [0.25, 0.3) is 0 Å². The lowest BCUT2D eigenvalue weighted by atomic mass is 9.85. The second kappa shape index (κ2) is 4.04. The quantitative estimate of drug-likeness (QED) is 0.840. The third kappa shape index (κ3) is 1.91. The van der Waals surface area contributed by atoms with Gasteiger partial charge in [0.1, 0.15) is 0 Å². The Morgan fingerprint density at radius 3 is 2.44 bits per heavy atom. The van der Waals surface area contributed by atoms with E-state index in [-0.39, 0.29) is 0 Å². The van der Waals surface area contributed by atoms with Crippen molar-refractivity contribution in [1.82, 2.24) is 0 Å². The molecule has 1 unspecified atom stereocenters. The van der Waals surface area contributed by atoms with E-state index in [1.807, 2.05) is 12.1 Å². The first kappa shape index (κ1) is 11.4. The van der Waals surface area contributed by atoms with Gasteiger partial charge < -0.3 is 5.73 Å². The fraction of sp³-hybridized carbons (Fsp3) is 0.286. The van der Waals surface area contributed by atoms with Gasteiger partial charge in [0, 0.05) is 4.88 Å². The minimum atomic E-state index is -0.393. The molecule has 16 heavy (non-hydrogen) atoms. The van der Waals surface area contributed by atoms with Crippen LogP contribution in [0.15, 0.2) is 35.7 Å². The number of hydrogen-bond acceptors (Lipinski definition) is 2.